The number of carbonyl (C=O) groups is 1. The Balaban J connectivity index is 1.76. The SMILES string of the molecule is CN1CCN(C(=O)c2ccc3c(c2)CNCC3)CC1. The van der Waals surface area contributed by atoms with Gasteiger partial charge in [0.05, 0.1) is 0 Å². The molecule has 0 saturated carbocycles. The first-order valence-corrected chi connectivity index (χ1v) is 7.04. The Morgan fingerprint density at radius 3 is 2.74 bits per heavy atom. The van der Waals surface area contributed by atoms with Gasteiger partial charge in [-0.25, -0.2) is 0 Å². The minimum Gasteiger partial charge on any atom is -0.336 e. The number of hydrogen-bond acceptors (Lipinski definition) is 3. The number of hydrogen-bond donors (Lipinski definition) is 1. The summed E-state index contributed by atoms with van der Waals surface area (Å²) < 4.78 is 0. The van der Waals surface area contributed by atoms with Gasteiger partial charge in [0, 0.05) is 38.3 Å². The molecule has 0 bridgehead atoms. The van der Waals surface area contributed by atoms with E-state index < -0.39 is 0 Å². The van der Waals surface area contributed by atoms with Crippen LogP contribution in [0, 0.1) is 0 Å². The van der Waals surface area contributed by atoms with Crippen molar-refractivity contribution < 1.29 is 4.79 Å². The second-order valence-electron chi connectivity index (χ2n) is 5.51. The summed E-state index contributed by atoms with van der Waals surface area (Å²) in [5.41, 5.74) is 3.51. The summed E-state index contributed by atoms with van der Waals surface area (Å²) in [6, 6.07) is 6.19. The number of likely N-dealkylation sites (N-methyl/N-ethyl adjacent to an activating group) is 1. The van der Waals surface area contributed by atoms with Crippen molar-refractivity contribution in [2.24, 2.45) is 0 Å². The largest absolute Gasteiger partial charge is 0.336 e. The minimum atomic E-state index is 0.182. The molecule has 3 rings (SSSR count). The smallest absolute Gasteiger partial charge is 0.253 e. The van der Waals surface area contributed by atoms with E-state index in [4.69, 9.17) is 0 Å². The van der Waals surface area contributed by atoms with E-state index in [0.29, 0.717) is 0 Å². The van der Waals surface area contributed by atoms with Crippen LogP contribution in [0.5, 0.6) is 0 Å². The lowest BCUT2D eigenvalue weighted by atomic mass is 9.98. The van der Waals surface area contributed by atoms with Crippen molar-refractivity contribution in [2.45, 2.75) is 13.0 Å². The molecule has 1 aromatic carbocycles. The van der Waals surface area contributed by atoms with Crippen LogP contribution in [0.2, 0.25) is 0 Å². The zero-order chi connectivity index (χ0) is 13.2. The molecular formula is C15H21N3O. The normalized spacial score (nSPS) is 20.2. The molecule has 0 atom stereocenters. The minimum absolute atomic E-state index is 0.182. The Labute approximate surface area is 114 Å². The second-order valence-corrected chi connectivity index (χ2v) is 5.51. The zero-order valence-electron chi connectivity index (χ0n) is 11.5. The summed E-state index contributed by atoms with van der Waals surface area (Å²) in [6.07, 6.45) is 1.07. The fourth-order valence-electron chi connectivity index (χ4n) is 2.81. The van der Waals surface area contributed by atoms with Crippen molar-refractivity contribution in [1.82, 2.24) is 15.1 Å². The van der Waals surface area contributed by atoms with Crippen LogP contribution in [0.3, 0.4) is 0 Å². The molecular weight excluding hydrogens is 238 g/mol. The third kappa shape index (κ3) is 2.65. The van der Waals surface area contributed by atoms with Crippen molar-refractivity contribution in [1.29, 1.82) is 0 Å². The summed E-state index contributed by atoms with van der Waals surface area (Å²) in [6.45, 7) is 5.55. The molecule has 0 radical (unpaired) electrons. The van der Waals surface area contributed by atoms with Crippen molar-refractivity contribution >= 4 is 5.91 Å². The average Bonchev–Trinajstić information content (AvgIpc) is 2.47. The molecule has 0 unspecified atom stereocenters. The molecule has 0 spiro atoms. The molecule has 1 fully saturated rings. The Morgan fingerprint density at radius 1 is 1.16 bits per heavy atom. The van der Waals surface area contributed by atoms with E-state index in [2.05, 4.69) is 29.4 Å². The molecule has 2 aliphatic heterocycles. The first-order valence-electron chi connectivity index (χ1n) is 7.04. The van der Waals surface area contributed by atoms with Crippen LogP contribution in [0.1, 0.15) is 21.5 Å². The summed E-state index contributed by atoms with van der Waals surface area (Å²) in [7, 11) is 2.10. The highest BCUT2D eigenvalue weighted by molar-refractivity contribution is 5.94. The number of benzene rings is 1. The lowest BCUT2D eigenvalue weighted by molar-refractivity contribution is 0.0664. The van der Waals surface area contributed by atoms with Gasteiger partial charge in [0.2, 0.25) is 0 Å². The Kier molecular flexibility index (Phi) is 3.53. The molecule has 1 N–H and O–H groups in total. The Morgan fingerprint density at radius 2 is 1.95 bits per heavy atom. The molecule has 19 heavy (non-hydrogen) atoms. The molecule has 1 saturated heterocycles. The van der Waals surface area contributed by atoms with Crippen LogP contribution in [0.25, 0.3) is 0 Å². The van der Waals surface area contributed by atoms with E-state index in [9.17, 15) is 4.79 Å². The van der Waals surface area contributed by atoms with Gasteiger partial charge in [-0.1, -0.05) is 6.07 Å². The molecule has 0 aliphatic carbocycles. The molecule has 0 aromatic heterocycles. The van der Waals surface area contributed by atoms with Gasteiger partial charge in [0.25, 0.3) is 5.91 Å². The molecule has 102 valence electrons. The standard InChI is InChI=1S/C15H21N3O/c1-17-6-8-18(9-7-17)15(19)13-3-2-12-4-5-16-11-14(12)10-13/h2-3,10,16H,4-9,11H2,1H3. The highest BCUT2D eigenvalue weighted by Gasteiger charge is 2.21. The van der Waals surface area contributed by atoms with Crippen molar-refractivity contribution in [2.75, 3.05) is 39.8 Å². The predicted molar refractivity (Wildman–Crippen MR) is 75.3 cm³/mol. The molecule has 4 nitrogen and oxygen atoms in total. The highest BCUT2D eigenvalue weighted by Crippen LogP contribution is 2.17. The van der Waals surface area contributed by atoms with E-state index in [0.717, 1.165) is 51.3 Å². The van der Waals surface area contributed by atoms with Crippen LogP contribution in [0.15, 0.2) is 18.2 Å². The summed E-state index contributed by atoms with van der Waals surface area (Å²) >= 11 is 0. The zero-order valence-corrected chi connectivity index (χ0v) is 11.5. The van der Waals surface area contributed by atoms with Crippen LogP contribution in [0.4, 0.5) is 0 Å². The van der Waals surface area contributed by atoms with Crippen LogP contribution in [-0.4, -0.2) is 55.5 Å². The van der Waals surface area contributed by atoms with Crippen LogP contribution >= 0.6 is 0 Å². The lowest BCUT2D eigenvalue weighted by Crippen LogP contribution is -2.47. The van der Waals surface area contributed by atoms with E-state index in [-0.39, 0.29) is 5.91 Å². The highest BCUT2D eigenvalue weighted by atomic mass is 16.2. The van der Waals surface area contributed by atoms with Crippen LogP contribution in [-0.2, 0) is 13.0 Å². The third-order valence-corrected chi connectivity index (χ3v) is 4.13. The molecule has 2 aliphatic rings. The number of fused-ring (bicyclic) bond motifs is 1. The summed E-state index contributed by atoms with van der Waals surface area (Å²) in [5, 5.41) is 3.36. The van der Waals surface area contributed by atoms with Gasteiger partial charge in [-0.2, -0.15) is 0 Å². The lowest BCUT2D eigenvalue weighted by Gasteiger charge is -2.32. The summed E-state index contributed by atoms with van der Waals surface area (Å²) in [4.78, 5) is 16.7. The Bertz CT molecular complexity index is 478. The summed E-state index contributed by atoms with van der Waals surface area (Å²) in [5.74, 6) is 0.182. The number of piperazine rings is 1. The number of nitrogens with zero attached hydrogens (tertiary/aromatic N) is 2. The van der Waals surface area contributed by atoms with Crippen molar-refractivity contribution in [3.8, 4) is 0 Å². The molecule has 1 aromatic rings. The van der Waals surface area contributed by atoms with Crippen LogP contribution < -0.4 is 5.32 Å². The van der Waals surface area contributed by atoms with Gasteiger partial charge >= 0.3 is 0 Å². The quantitative estimate of drug-likeness (QED) is 0.807. The third-order valence-electron chi connectivity index (χ3n) is 4.13. The molecule has 4 heteroatoms. The van der Waals surface area contributed by atoms with Gasteiger partial charge in [0.15, 0.2) is 0 Å². The fraction of sp³-hybridized carbons (Fsp3) is 0.533. The first-order chi connectivity index (χ1) is 9.24. The van der Waals surface area contributed by atoms with Gasteiger partial charge in [-0.05, 0) is 43.3 Å². The van der Waals surface area contributed by atoms with E-state index in [1.807, 2.05) is 11.0 Å². The van der Waals surface area contributed by atoms with Crippen molar-refractivity contribution in [3.05, 3.63) is 34.9 Å². The molecule has 2 heterocycles. The second kappa shape index (κ2) is 5.31. The van der Waals surface area contributed by atoms with E-state index in [1.54, 1.807) is 0 Å². The van der Waals surface area contributed by atoms with Gasteiger partial charge in [-0.15, -0.1) is 0 Å². The van der Waals surface area contributed by atoms with Gasteiger partial charge < -0.3 is 15.1 Å². The topological polar surface area (TPSA) is 35.6 Å². The average molecular weight is 259 g/mol. The van der Waals surface area contributed by atoms with E-state index in [1.165, 1.54) is 11.1 Å². The van der Waals surface area contributed by atoms with E-state index >= 15 is 0 Å². The van der Waals surface area contributed by atoms with Gasteiger partial charge in [0.1, 0.15) is 0 Å². The van der Waals surface area contributed by atoms with Gasteiger partial charge in [-0.3, -0.25) is 4.79 Å². The number of carbonyl (C=O) groups excluding carboxylic acids is 1. The monoisotopic (exact) mass is 259 g/mol. The maximum atomic E-state index is 12.5. The number of rotatable bonds is 1. The maximum Gasteiger partial charge on any atom is 0.253 e. The molecule has 1 amide bonds. The number of amides is 1. The predicted octanol–water partition coefficient (Wildman–Crippen LogP) is 0.720. The first kappa shape index (κ1) is 12.6. The fourth-order valence-corrected chi connectivity index (χ4v) is 2.81. The Hall–Kier alpha value is -1.39. The van der Waals surface area contributed by atoms with Crippen molar-refractivity contribution in [3.63, 3.8) is 0 Å². The maximum absolute atomic E-state index is 12.5. The number of nitrogens with one attached hydrogen (secondary N) is 1.